The highest BCUT2D eigenvalue weighted by Gasteiger charge is 2.27. The first kappa shape index (κ1) is 13.7. The van der Waals surface area contributed by atoms with E-state index in [0.29, 0.717) is 19.0 Å². The van der Waals surface area contributed by atoms with Gasteiger partial charge in [0.25, 0.3) is 0 Å². The number of ether oxygens (including phenoxy) is 3. The Labute approximate surface area is 113 Å². The normalized spacial score (nSPS) is 15.2. The van der Waals surface area contributed by atoms with E-state index in [9.17, 15) is 4.79 Å². The maximum Gasteiger partial charge on any atom is 0.327 e. The fourth-order valence-electron chi connectivity index (χ4n) is 2.23. The maximum absolute atomic E-state index is 11.9. The van der Waals surface area contributed by atoms with Crippen molar-refractivity contribution in [2.24, 2.45) is 0 Å². The van der Waals surface area contributed by atoms with Gasteiger partial charge in [-0.2, -0.15) is 0 Å². The number of nitrogens with zero attached hydrogens (tertiary/aromatic N) is 1. The van der Waals surface area contributed by atoms with Crippen molar-refractivity contribution in [3.05, 3.63) is 23.3 Å². The first-order valence-corrected chi connectivity index (χ1v) is 6.19. The Balaban J connectivity index is 2.45. The van der Waals surface area contributed by atoms with E-state index >= 15 is 0 Å². The average molecular weight is 265 g/mol. The lowest BCUT2D eigenvalue weighted by atomic mass is 9.99. The Bertz CT molecular complexity index is 485. The molecule has 0 radical (unpaired) electrons. The predicted molar refractivity (Wildman–Crippen MR) is 70.6 cm³/mol. The van der Waals surface area contributed by atoms with Crippen molar-refractivity contribution in [1.82, 2.24) is 4.90 Å². The molecule has 5 nitrogen and oxygen atoms in total. The van der Waals surface area contributed by atoms with E-state index in [1.54, 1.807) is 0 Å². The number of carbonyl (C=O) groups is 1. The molecule has 0 spiro atoms. The molecule has 1 aliphatic heterocycles. The molecule has 0 bridgehead atoms. The second-order valence-corrected chi connectivity index (χ2v) is 4.74. The summed E-state index contributed by atoms with van der Waals surface area (Å²) in [6, 6.07) is 3.33. The fourth-order valence-corrected chi connectivity index (χ4v) is 2.23. The molecule has 0 saturated heterocycles. The lowest BCUT2D eigenvalue weighted by Crippen LogP contribution is -2.29. The van der Waals surface area contributed by atoms with E-state index in [2.05, 4.69) is 0 Å². The third-order valence-electron chi connectivity index (χ3n) is 3.17. The largest absolute Gasteiger partial charge is 0.486 e. The van der Waals surface area contributed by atoms with E-state index in [1.807, 2.05) is 38.1 Å². The molecule has 1 aromatic carbocycles. The minimum atomic E-state index is -0.444. The Hall–Kier alpha value is -1.75. The number of esters is 1. The van der Waals surface area contributed by atoms with Gasteiger partial charge in [-0.1, -0.05) is 0 Å². The summed E-state index contributed by atoms with van der Waals surface area (Å²) in [6.07, 6.45) is 0. The summed E-state index contributed by atoms with van der Waals surface area (Å²) >= 11 is 0. The minimum Gasteiger partial charge on any atom is -0.486 e. The topological polar surface area (TPSA) is 48.0 Å². The quantitative estimate of drug-likeness (QED) is 0.776. The Morgan fingerprint density at radius 2 is 1.84 bits per heavy atom. The number of benzene rings is 1. The van der Waals surface area contributed by atoms with Gasteiger partial charge in [0, 0.05) is 0 Å². The number of methoxy groups -OCH3 is 1. The van der Waals surface area contributed by atoms with Gasteiger partial charge in [0.1, 0.15) is 19.3 Å². The van der Waals surface area contributed by atoms with Crippen molar-refractivity contribution < 1.29 is 19.0 Å². The molecule has 0 amide bonds. The van der Waals surface area contributed by atoms with Crippen molar-refractivity contribution in [2.75, 3.05) is 34.4 Å². The molecule has 0 aliphatic carbocycles. The second-order valence-electron chi connectivity index (χ2n) is 4.74. The van der Waals surface area contributed by atoms with Crippen molar-refractivity contribution in [1.29, 1.82) is 0 Å². The molecule has 0 fully saturated rings. The molecule has 0 N–H and O–H groups in total. The van der Waals surface area contributed by atoms with Crippen LogP contribution in [0.15, 0.2) is 12.1 Å². The van der Waals surface area contributed by atoms with Gasteiger partial charge in [-0.25, -0.2) is 4.79 Å². The maximum atomic E-state index is 11.9. The number of likely N-dealkylation sites (N-methyl/N-ethyl adjacent to an activating group) is 1. The number of fused-ring (bicyclic) bond motifs is 1. The fraction of sp³-hybridized carbons (Fsp3) is 0.500. The number of aryl methyl sites for hydroxylation is 1. The molecule has 1 aliphatic rings. The lowest BCUT2D eigenvalue weighted by molar-refractivity contribution is -0.146. The highest BCUT2D eigenvalue weighted by Crippen LogP contribution is 2.36. The van der Waals surface area contributed by atoms with Crippen LogP contribution in [0.4, 0.5) is 0 Å². The van der Waals surface area contributed by atoms with Crippen LogP contribution in [0.2, 0.25) is 0 Å². The van der Waals surface area contributed by atoms with Crippen LogP contribution in [0.3, 0.4) is 0 Å². The van der Waals surface area contributed by atoms with Gasteiger partial charge < -0.3 is 14.2 Å². The summed E-state index contributed by atoms with van der Waals surface area (Å²) in [5, 5.41) is 0. The third-order valence-corrected chi connectivity index (χ3v) is 3.17. The molecular formula is C14H19NO4. The molecule has 0 aromatic heterocycles. The van der Waals surface area contributed by atoms with E-state index < -0.39 is 6.04 Å². The highest BCUT2D eigenvalue weighted by molar-refractivity contribution is 5.78. The summed E-state index contributed by atoms with van der Waals surface area (Å²) in [4.78, 5) is 13.8. The van der Waals surface area contributed by atoms with Crippen LogP contribution < -0.4 is 9.47 Å². The molecule has 0 saturated carbocycles. The van der Waals surface area contributed by atoms with Gasteiger partial charge >= 0.3 is 5.97 Å². The SMILES string of the molecule is COC(=O)C(c1cc2c(cc1C)OCCO2)N(C)C. The molecule has 5 heteroatoms. The van der Waals surface area contributed by atoms with Crippen LogP contribution in [-0.2, 0) is 9.53 Å². The molecule has 1 aromatic rings. The van der Waals surface area contributed by atoms with Crippen LogP contribution in [0.25, 0.3) is 0 Å². The van der Waals surface area contributed by atoms with Gasteiger partial charge in [-0.15, -0.1) is 0 Å². The van der Waals surface area contributed by atoms with Gasteiger partial charge in [-0.05, 0) is 44.3 Å². The number of carbonyl (C=O) groups excluding carboxylic acids is 1. The Kier molecular flexibility index (Phi) is 3.95. The molecule has 1 heterocycles. The van der Waals surface area contributed by atoms with Crippen LogP contribution >= 0.6 is 0 Å². The predicted octanol–water partition coefficient (Wildman–Crippen LogP) is 1.54. The summed E-state index contributed by atoms with van der Waals surface area (Å²) in [5.74, 6) is 1.13. The third kappa shape index (κ3) is 2.66. The summed E-state index contributed by atoms with van der Waals surface area (Å²) < 4.78 is 16.0. The monoisotopic (exact) mass is 265 g/mol. The van der Waals surface area contributed by atoms with E-state index in [0.717, 1.165) is 16.9 Å². The van der Waals surface area contributed by atoms with Crippen molar-refractivity contribution >= 4 is 5.97 Å². The molecular weight excluding hydrogens is 246 g/mol. The smallest absolute Gasteiger partial charge is 0.327 e. The zero-order valence-corrected chi connectivity index (χ0v) is 11.7. The molecule has 1 unspecified atom stereocenters. The molecule has 2 rings (SSSR count). The van der Waals surface area contributed by atoms with E-state index in [1.165, 1.54) is 7.11 Å². The van der Waals surface area contributed by atoms with Gasteiger partial charge in [0.05, 0.1) is 7.11 Å². The minimum absolute atomic E-state index is 0.287. The number of hydrogen-bond acceptors (Lipinski definition) is 5. The number of hydrogen-bond donors (Lipinski definition) is 0. The van der Waals surface area contributed by atoms with Crippen LogP contribution in [0.1, 0.15) is 17.2 Å². The Morgan fingerprint density at radius 1 is 1.26 bits per heavy atom. The molecule has 1 atom stereocenters. The van der Waals surface area contributed by atoms with Crippen LogP contribution in [0.5, 0.6) is 11.5 Å². The molecule has 19 heavy (non-hydrogen) atoms. The van der Waals surface area contributed by atoms with E-state index in [4.69, 9.17) is 14.2 Å². The number of rotatable bonds is 3. The Morgan fingerprint density at radius 3 is 2.37 bits per heavy atom. The average Bonchev–Trinajstić information content (AvgIpc) is 2.39. The van der Waals surface area contributed by atoms with Crippen LogP contribution in [-0.4, -0.2) is 45.3 Å². The highest BCUT2D eigenvalue weighted by atomic mass is 16.6. The lowest BCUT2D eigenvalue weighted by Gasteiger charge is -2.26. The van der Waals surface area contributed by atoms with Crippen molar-refractivity contribution in [3.8, 4) is 11.5 Å². The van der Waals surface area contributed by atoms with Crippen molar-refractivity contribution in [3.63, 3.8) is 0 Å². The second kappa shape index (κ2) is 5.48. The van der Waals surface area contributed by atoms with Gasteiger partial charge in [-0.3, -0.25) is 4.90 Å². The van der Waals surface area contributed by atoms with E-state index in [-0.39, 0.29) is 5.97 Å². The summed E-state index contributed by atoms with van der Waals surface area (Å²) in [5.41, 5.74) is 1.86. The van der Waals surface area contributed by atoms with Crippen LogP contribution in [0, 0.1) is 6.92 Å². The molecule has 104 valence electrons. The zero-order chi connectivity index (χ0) is 14.0. The van der Waals surface area contributed by atoms with Gasteiger partial charge in [0.15, 0.2) is 11.5 Å². The standard InChI is InChI=1S/C14H19NO4/c1-9-7-11-12(19-6-5-18-11)8-10(9)13(15(2)3)14(16)17-4/h7-8,13H,5-6H2,1-4H3. The zero-order valence-electron chi connectivity index (χ0n) is 11.7. The first-order chi connectivity index (χ1) is 9.04. The summed E-state index contributed by atoms with van der Waals surface area (Å²) in [7, 11) is 5.09. The van der Waals surface area contributed by atoms with Crippen molar-refractivity contribution in [2.45, 2.75) is 13.0 Å². The first-order valence-electron chi connectivity index (χ1n) is 6.19. The summed E-state index contributed by atoms with van der Waals surface area (Å²) in [6.45, 7) is 3.03. The van der Waals surface area contributed by atoms with Gasteiger partial charge in [0.2, 0.25) is 0 Å².